The molecule has 5 aromatic carbocycles. The Bertz CT molecular complexity index is 2170. The minimum Gasteiger partial charge on any atom is -0.452 e. The first-order valence-electron chi connectivity index (χ1n) is 14.0. The van der Waals surface area contributed by atoms with E-state index >= 15 is 0 Å². The van der Waals surface area contributed by atoms with Crippen LogP contribution in [0.3, 0.4) is 0 Å². The van der Waals surface area contributed by atoms with Crippen molar-refractivity contribution in [3.8, 4) is 56.4 Å². The Kier molecular flexibility index (Phi) is 6.01. The third-order valence-electron chi connectivity index (χ3n) is 7.51. The number of hydrogen-bond donors (Lipinski definition) is 0. The van der Waals surface area contributed by atoms with Gasteiger partial charge in [-0.05, 0) is 28.8 Å². The first-order chi connectivity index (χ1) is 21.3. The van der Waals surface area contributed by atoms with Crippen LogP contribution in [0.1, 0.15) is 0 Å². The number of para-hydroxylation sites is 1. The second kappa shape index (κ2) is 10.4. The lowest BCUT2D eigenvalue weighted by molar-refractivity contribution is 0.666. The van der Waals surface area contributed by atoms with Gasteiger partial charge in [0.2, 0.25) is 0 Å². The van der Waals surface area contributed by atoms with E-state index in [9.17, 15) is 0 Å². The molecule has 0 radical (unpaired) electrons. The van der Waals surface area contributed by atoms with E-state index < -0.39 is 0 Å². The molecule has 0 atom stereocenters. The quantitative estimate of drug-likeness (QED) is 0.212. The number of benzene rings is 5. The standard InChI is InChI=1S/C37H23N5O/c1-3-9-26(10-4-1)35-40-36(27-11-5-2-6-12-27)42-37(41-35)29-14-7-13-28(21-29)24-17-19-25(20-18-24)30-15-8-16-31-33-32(43-34(30)31)22-38-23-39-33/h1-23H. The molecule has 0 aliphatic rings. The summed E-state index contributed by atoms with van der Waals surface area (Å²) >= 11 is 0. The Balaban J connectivity index is 1.18. The number of nitrogens with zero attached hydrogens (tertiary/aromatic N) is 5. The van der Waals surface area contributed by atoms with Crippen molar-refractivity contribution in [3.63, 3.8) is 0 Å². The Morgan fingerprint density at radius 2 is 1.05 bits per heavy atom. The van der Waals surface area contributed by atoms with E-state index in [-0.39, 0.29) is 0 Å². The maximum Gasteiger partial charge on any atom is 0.172 e. The monoisotopic (exact) mass is 553 g/mol. The van der Waals surface area contributed by atoms with Crippen molar-refractivity contribution in [1.29, 1.82) is 0 Å². The van der Waals surface area contributed by atoms with Gasteiger partial charge in [-0.25, -0.2) is 24.9 Å². The fourth-order valence-corrected chi connectivity index (χ4v) is 5.38. The topological polar surface area (TPSA) is 77.6 Å². The van der Waals surface area contributed by atoms with E-state index in [1.54, 1.807) is 12.5 Å². The molecule has 0 amide bonds. The predicted molar refractivity (Wildman–Crippen MR) is 170 cm³/mol. The number of hydrogen-bond acceptors (Lipinski definition) is 6. The van der Waals surface area contributed by atoms with Gasteiger partial charge in [-0.1, -0.05) is 115 Å². The van der Waals surface area contributed by atoms with Crippen LogP contribution < -0.4 is 0 Å². The minimum atomic E-state index is 0.630. The van der Waals surface area contributed by atoms with Crippen LogP contribution in [0.15, 0.2) is 144 Å². The van der Waals surface area contributed by atoms with Crippen molar-refractivity contribution in [3.05, 3.63) is 140 Å². The van der Waals surface area contributed by atoms with Gasteiger partial charge >= 0.3 is 0 Å². The van der Waals surface area contributed by atoms with Crippen LogP contribution in [0.4, 0.5) is 0 Å². The molecular formula is C37H23N5O. The Hall–Kier alpha value is -6.01. The summed E-state index contributed by atoms with van der Waals surface area (Å²) in [4.78, 5) is 23.1. The van der Waals surface area contributed by atoms with Crippen LogP contribution >= 0.6 is 0 Å². The van der Waals surface area contributed by atoms with Crippen LogP contribution in [-0.2, 0) is 0 Å². The minimum absolute atomic E-state index is 0.630. The van der Waals surface area contributed by atoms with Crippen LogP contribution in [-0.4, -0.2) is 24.9 Å². The largest absolute Gasteiger partial charge is 0.452 e. The molecule has 0 aliphatic heterocycles. The zero-order valence-corrected chi connectivity index (χ0v) is 22.9. The Morgan fingerprint density at radius 1 is 0.465 bits per heavy atom. The maximum absolute atomic E-state index is 6.16. The van der Waals surface area contributed by atoms with Crippen LogP contribution in [0.5, 0.6) is 0 Å². The first-order valence-corrected chi connectivity index (χ1v) is 14.0. The van der Waals surface area contributed by atoms with Gasteiger partial charge in [-0.2, -0.15) is 0 Å². The zero-order chi connectivity index (χ0) is 28.6. The van der Waals surface area contributed by atoms with E-state index in [1.165, 1.54) is 0 Å². The Labute approximate surface area is 247 Å². The summed E-state index contributed by atoms with van der Waals surface area (Å²) in [6.07, 6.45) is 3.26. The summed E-state index contributed by atoms with van der Waals surface area (Å²) in [5.41, 5.74) is 9.38. The summed E-state index contributed by atoms with van der Waals surface area (Å²) in [5, 5.41) is 0.980. The highest BCUT2D eigenvalue weighted by atomic mass is 16.3. The average Bonchev–Trinajstić information content (AvgIpc) is 3.48. The molecule has 0 fully saturated rings. The van der Waals surface area contributed by atoms with E-state index in [0.29, 0.717) is 23.1 Å². The molecule has 202 valence electrons. The van der Waals surface area contributed by atoms with E-state index in [2.05, 4.69) is 52.4 Å². The third kappa shape index (κ3) is 4.61. The van der Waals surface area contributed by atoms with Gasteiger partial charge < -0.3 is 4.42 Å². The number of aromatic nitrogens is 5. The van der Waals surface area contributed by atoms with Crippen molar-refractivity contribution in [2.75, 3.05) is 0 Å². The SMILES string of the molecule is c1ccc(-c2nc(-c3ccccc3)nc(-c3cccc(-c4ccc(-c5cccc6c5oc5cncnc56)cc4)c3)n2)cc1. The van der Waals surface area contributed by atoms with Gasteiger partial charge in [0, 0.05) is 27.6 Å². The molecule has 0 saturated carbocycles. The van der Waals surface area contributed by atoms with Crippen LogP contribution in [0.2, 0.25) is 0 Å². The fourth-order valence-electron chi connectivity index (χ4n) is 5.38. The molecule has 6 heteroatoms. The van der Waals surface area contributed by atoms with E-state index in [0.717, 1.165) is 55.4 Å². The van der Waals surface area contributed by atoms with Crippen LogP contribution in [0.25, 0.3) is 78.5 Å². The van der Waals surface area contributed by atoms with Crippen molar-refractivity contribution >= 4 is 22.1 Å². The van der Waals surface area contributed by atoms with Crippen molar-refractivity contribution in [1.82, 2.24) is 24.9 Å². The molecule has 0 saturated heterocycles. The molecule has 0 spiro atoms. The number of furan rings is 1. The summed E-state index contributed by atoms with van der Waals surface area (Å²) < 4.78 is 6.16. The van der Waals surface area contributed by atoms with Crippen molar-refractivity contribution < 1.29 is 4.42 Å². The molecular weight excluding hydrogens is 530 g/mol. The van der Waals surface area contributed by atoms with Crippen LogP contribution in [0, 0.1) is 0 Å². The molecule has 8 rings (SSSR count). The molecule has 3 aromatic heterocycles. The second-order valence-electron chi connectivity index (χ2n) is 10.2. The van der Waals surface area contributed by atoms with Gasteiger partial charge in [0.05, 0.1) is 6.20 Å². The predicted octanol–water partition coefficient (Wildman–Crippen LogP) is 8.90. The number of rotatable bonds is 5. The van der Waals surface area contributed by atoms with Gasteiger partial charge in [-0.15, -0.1) is 0 Å². The number of fused-ring (bicyclic) bond motifs is 3. The third-order valence-corrected chi connectivity index (χ3v) is 7.51. The summed E-state index contributed by atoms with van der Waals surface area (Å²) in [5.74, 6) is 1.92. The van der Waals surface area contributed by atoms with Gasteiger partial charge in [0.1, 0.15) is 17.4 Å². The summed E-state index contributed by atoms with van der Waals surface area (Å²) in [7, 11) is 0. The highest BCUT2D eigenvalue weighted by Gasteiger charge is 2.15. The molecule has 0 aliphatic carbocycles. The smallest absolute Gasteiger partial charge is 0.172 e. The lowest BCUT2D eigenvalue weighted by Gasteiger charge is -2.10. The fraction of sp³-hybridized carbons (Fsp3) is 0. The van der Waals surface area contributed by atoms with Gasteiger partial charge in [0.15, 0.2) is 23.1 Å². The molecule has 8 aromatic rings. The molecule has 0 bridgehead atoms. The maximum atomic E-state index is 6.16. The summed E-state index contributed by atoms with van der Waals surface area (Å²) in [6.45, 7) is 0. The molecule has 0 unspecified atom stereocenters. The highest BCUT2D eigenvalue weighted by molar-refractivity contribution is 6.07. The zero-order valence-electron chi connectivity index (χ0n) is 22.9. The Morgan fingerprint density at radius 3 is 1.74 bits per heavy atom. The lowest BCUT2D eigenvalue weighted by Crippen LogP contribution is -2.00. The van der Waals surface area contributed by atoms with Crippen molar-refractivity contribution in [2.45, 2.75) is 0 Å². The van der Waals surface area contributed by atoms with E-state index in [4.69, 9.17) is 19.4 Å². The summed E-state index contributed by atoms with van der Waals surface area (Å²) in [6, 6.07) is 43.0. The second-order valence-corrected chi connectivity index (χ2v) is 10.2. The van der Waals surface area contributed by atoms with Gasteiger partial charge in [-0.3, -0.25) is 0 Å². The van der Waals surface area contributed by atoms with Crippen molar-refractivity contribution in [2.24, 2.45) is 0 Å². The molecule has 43 heavy (non-hydrogen) atoms. The molecule has 6 nitrogen and oxygen atoms in total. The van der Waals surface area contributed by atoms with E-state index in [1.807, 2.05) is 84.9 Å². The first kappa shape index (κ1) is 24.8. The lowest BCUT2D eigenvalue weighted by atomic mass is 9.98. The van der Waals surface area contributed by atoms with Gasteiger partial charge in [0.25, 0.3) is 0 Å². The highest BCUT2D eigenvalue weighted by Crippen LogP contribution is 2.36. The molecule has 0 N–H and O–H groups in total. The molecule has 3 heterocycles. The normalized spacial score (nSPS) is 11.3. The average molecular weight is 554 g/mol.